The fourth-order valence-corrected chi connectivity index (χ4v) is 5.21. The lowest BCUT2D eigenvalue weighted by Gasteiger charge is -2.31. The monoisotopic (exact) mass is 477 g/mol. The topological polar surface area (TPSA) is 80.1 Å². The number of nitrogens with one attached hydrogen (secondary N) is 1. The summed E-state index contributed by atoms with van der Waals surface area (Å²) in [6.07, 6.45) is 9.05. The van der Waals surface area contributed by atoms with E-state index in [4.69, 9.17) is 0 Å². The van der Waals surface area contributed by atoms with Crippen molar-refractivity contribution in [1.82, 2.24) is 25.0 Å². The van der Waals surface area contributed by atoms with Crippen LogP contribution in [0.15, 0.2) is 66.1 Å². The van der Waals surface area contributed by atoms with E-state index in [1.165, 1.54) is 37.4 Å². The van der Waals surface area contributed by atoms with Crippen molar-refractivity contribution in [2.45, 2.75) is 56.1 Å². The summed E-state index contributed by atoms with van der Waals surface area (Å²) in [6.45, 7) is 1.09. The maximum atomic E-state index is 12.9. The van der Waals surface area contributed by atoms with E-state index in [-0.39, 0.29) is 11.8 Å². The van der Waals surface area contributed by atoms with Crippen molar-refractivity contribution >= 4 is 23.6 Å². The lowest BCUT2D eigenvalue weighted by molar-refractivity contribution is -0.129. The maximum absolute atomic E-state index is 12.9. The SMILES string of the molecule is CN(C(=O)CSc1ccccc1C(=O)NCc1ccc(Cn2cncn2)cc1)C1CCCCC1. The molecule has 1 N–H and O–H groups in total. The van der Waals surface area contributed by atoms with Gasteiger partial charge < -0.3 is 10.2 Å². The second-order valence-corrected chi connectivity index (χ2v) is 9.69. The Morgan fingerprint density at radius 3 is 2.53 bits per heavy atom. The van der Waals surface area contributed by atoms with Crippen molar-refractivity contribution in [3.63, 3.8) is 0 Å². The predicted molar refractivity (Wildman–Crippen MR) is 134 cm³/mol. The van der Waals surface area contributed by atoms with Crippen molar-refractivity contribution in [3.8, 4) is 0 Å². The predicted octanol–water partition coefficient (Wildman–Crippen LogP) is 4.14. The van der Waals surface area contributed by atoms with Gasteiger partial charge in [0.15, 0.2) is 0 Å². The van der Waals surface area contributed by atoms with Crippen LogP contribution in [0.25, 0.3) is 0 Å². The lowest BCUT2D eigenvalue weighted by atomic mass is 9.94. The van der Waals surface area contributed by atoms with Crippen LogP contribution < -0.4 is 5.32 Å². The number of rotatable bonds is 9. The fraction of sp³-hybridized carbons (Fsp3) is 0.385. The summed E-state index contributed by atoms with van der Waals surface area (Å²) in [5.74, 6) is 0.325. The molecule has 1 aliphatic carbocycles. The molecular formula is C26H31N5O2S. The zero-order chi connectivity index (χ0) is 23.8. The first-order valence-corrected chi connectivity index (χ1v) is 12.7. The summed E-state index contributed by atoms with van der Waals surface area (Å²) in [4.78, 5) is 32.3. The van der Waals surface area contributed by atoms with Gasteiger partial charge in [-0.1, -0.05) is 55.7 Å². The molecule has 8 heteroatoms. The van der Waals surface area contributed by atoms with Crippen LogP contribution in [0.5, 0.6) is 0 Å². The summed E-state index contributed by atoms with van der Waals surface area (Å²) >= 11 is 1.44. The van der Waals surface area contributed by atoms with Gasteiger partial charge in [-0.2, -0.15) is 5.10 Å². The summed E-state index contributed by atoms with van der Waals surface area (Å²) in [7, 11) is 1.91. The van der Waals surface area contributed by atoms with Crippen molar-refractivity contribution < 1.29 is 9.59 Å². The van der Waals surface area contributed by atoms with E-state index in [2.05, 4.69) is 15.4 Å². The standard InChI is InChI=1S/C26H31N5O2S/c1-30(22-7-3-2-4-8-22)25(32)17-34-24-10-6-5-9-23(24)26(33)28-15-20-11-13-21(14-12-20)16-31-19-27-18-29-31/h5-6,9-14,18-19,22H,2-4,7-8,15-17H2,1H3,(H,28,33). The first-order valence-electron chi connectivity index (χ1n) is 11.8. The van der Waals surface area contributed by atoms with Gasteiger partial charge in [0.2, 0.25) is 5.91 Å². The second-order valence-electron chi connectivity index (χ2n) is 8.67. The van der Waals surface area contributed by atoms with E-state index >= 15 is 0 Å². The first-order chi connectivity index (χ1) is 16.6. The molecule has 1 fully saturated rings. The molecule has 0 saturated heterocycles. The molecule has 0 bridgehead atoms. The number of hydrogen-bond donors (Lipinski definition) is 1. The van der Waals surface area contributed by atoms with Crippen molar-refractivity contribution in [2.75, 3.05) is 12.8 Å². The summed E-state index contributed by atoms with van der Waals surface area (Å²) in [5.41, 5.74) is 2.73. The van der Waals surface area contributed by atoms with E-state index in [1.807, 2.05) is 60.5 Å². The van der Waals surface area contributed by atoms with Crippen LogP contribution >= 0.6 is 11.8 Å². The number of benzene rings is 2. The molecule has 1 saturated carbocycles. The van der Waals surface area contributed by atoms with Crippen LogP contribution in [-0.2, 0) is 17.9 Å². The normalized spacial score (nSPS) is 14.0. The molecule has 3 aromatic rings. The van der Waals surface area contributed by atoms with E-state index in [1.54, 1.807) is 11.0 Å². The van der Waals surface area contributed by atoms with Gasteiger partial charge >= 0.3 is 0 Å². The number of amides is 2. The van der Waals surface area contributed by atoms with Crippen molar-refractivity contribution in [1.29, 1.82) is 0 Å². The highest BCUT2D eigenvalue weighted by molar-refractivity contribution is 8.00. The van der Waals surface area contributed by atoms with Gasteiger partial charge in [0, 0.05) is 24.5 Å². The number of carbonyl (C=O) groups is 2. The van der Waals surface area contributed by atoms with Crippen LogP contribution in [-0.4, -0.2) is 50.3 Å². The van der Waals surface area contributed by atoms with Gasteiger partial charge in [-0.3, -0.25) is 9.59 Å². The van der Waals surface area contributed by atoms with Crippen molar-refractivity contribution in [2.24, 2.45) is 0 Å². The third-order valence-corrected chi connectivity index (χ3v) is 7.34. The second kappa shape index (κ2) is 11.8. The Labute approximate surface area is 205 Å². The Bertz CT molecular complexity index is 1080. The molecule has 0 unspecified atom stereocenters. The van der Waals surface area contributed by atoms with Gasteiger partial charge in [0.05, 0.1) is 17.9 Å². The quantitative estimate of drug-likeness (QED) is 0.469. The Kier molecular flexibility index (Phi) is 8.36. The highest BCUT2D eigenvalue weighted by atomic mass is 32.2. The van der Waals surface area contributed by atoms with E-state index < -0.39 is 0 Å². The largest absolute Gasteiger partial charge is 0.348 e. The van der Waals surface area contributed by atoms with Crippen LogP contribution in [0.2, 0.25) is 0 Å². The van der Waals surface area contributed by atoms with E-state index in [0.29, 0.717) is 30.4 Å². The summed E-state index contributed by atoms with van der Waals surface area (Å²) in [6, 6.07) is 15.9. The molecule has 0 radical (unpaired) electrons. The van der Waals surface area contributed by atoms with Crippen LogP contribution in [0.3, 0.4) is 0 Å². The minimum Gasteiger partial charge on any atom is -0.348 e. The third kappa shape index (κ3) is 6.47. The Balaban J connectivity index is 1.30. The van der Waals surface area contributed by atoms with Crippen LogP contribution in [0, 0.1) is 0 Å². The Morgan fingerprint density at radius 2 is 1.79 bits per heavy atom. The minimum atomic E-state index is -0.136. The smallest absolute Gasteiger partial charge is 0.252 e. The van der Waals surface area contributed by atoms with Crippen LogP contribution in [0.1, 0.15) is 53.6 Å². The van der Waals surface area contributed by atoms with Crippen molar-refractivity contribution in [3.05, 3.63) is 77.9 Å². The van der Waals surface area contributed by atoms with E-state index in [0.717, 1.165) is 28.9 Å². The van der Waals surface area contributed by atoms with Crippen LogP contribution in [0.4, 0.5) is 0 Å². The Hall–Kier alpha value is -3.13. The molecule has 0 spiro atoms. The molecule has 1 heterocycles. The highest BCUT2D eigenvalue weighted by Crippen LogP contribution is 2.26. The molecule has 2 aromatic carbocycles. The van der Waals surface area contributed by atoms with Gasteiger partial charge in [0.25, 0.3) is 5.91 Å². The zero-order valence-corrected chi connectivity index (χ0v) is 20.3. The summed E-state index contributed by atoms with van der Waals surface area (Å²) < 4.78 is 1.77. The molecule has 7 nitrogen and oxygen atoms in total. The van der Waals surface area contributed by atoms with Gasteiger partial charge in [-0.25, -0.2) is 9.67 Å². The number of carbonyl (C=O) groups excluding carboxylic acids is 2. The molecular weight excluding hydrogens is 446 g/mol. The maximum Gasteiger partial charge on any atom is 0.252 e. The van der Waals surface area contributed by atoms with E-state index in [9.17, 15) is 9.59 Å². The lowest BCUT2D eigenvalue weighted by Crippen LogP contribution is -2.39. The molecule has 1 aliphatic rings. The molecule has 0 aliphatic heterocycles. The first kappa shape index (κ1) is 24.0. The third-order valence-electron chi connectivity index (χ3n) is 6.29. The number of aromatic nitrogens is 3. The molecule has 1 aromatic heterocycles. The van der Waals surface area contributed by atoms with Gasteiger partial charge in [-0.05, 0) is 36.1 Å². The molecule has 0 atom stereocenters. The zero-order valence-electron chi connectivity index (χ0n) is 19.5. The molecule has 2 amide bonds. The highest BCUT2D eigenvalue weighted by Gasteiger charge is 2.22. The average molecular weight is 478 g/mol. The minimum absolute atomic E-state index is 0.123. The number of nitrogens with zero attached hydrogens (tertiary/aromatic N) is 4. The molecule has 178 valence electrons. The Morgan fingerprint density at radius 1 is 1.06 bits per heavy atom. The van der Waals surface area contributed by atoms with Gasteiger partial charge in [-0.15, -0.1) is 11.8 Å². The molecule has 4 rings (SSSR count). The average Bonchev–Trinajstić information content (AvgIpc) is 3.40. The summed E-state index contributed by atoms with van der Waals surface area (Å²) in [5, 5.41) is 7.12. The van der Waals surface area contributed by atoms with Gasteiger partial charge in [0.1, 0.15) is 12.7 Å². The molecule has 34 heavy (non-hydrogen) atoms. The number of hydrogen-bond acceptors (Lipinski definition) is 5. The number of thioether (sulfide) groups is 1. The fourth-order valence-electron chi connectivity index (χ4n) is 4.23.